The molecule has 0 fully saturated rings. The number of furan rings is 1. The SMILES string of the molecule is CCOC(=O)C1=C(c2ccccc2)N=c2s/c(=C/c3cc(Br)c(I)o3)c(=O)n2[C@H]1c1ccc(Cl)cc1. The van der Waals surface area contributed by atoms with Crippen LogP contribution in [0.3, 0.4) is 0 Å². The number of halogens is 3. The van der Waals surface area contributed by atoms with E-state index in [9.17, 15) is 9.59 Å². The van der Waals surface area contributed by atoms with Crippen LogP contribution < -0.4 is 14.9 Å². The molecule has 0 aliphatic carbocycles. The number of ether oxygens (including phenoxy) is 1. The second-order valence-electron chi connectivity index (χ2n) is 7.75. The Balaban J connectivity index is 1.83. The number of carbonyl (C=O) groups is 1. The van der Waals surface area contributed by atoms with Crippen molar-refractivity contribution in [2.45, 2.75) is 13.0 Å². The predicted octanol–water partition coefficient (Wildman–Crippen LogP) is 5.55. The lowest BCUT2D eigenvalue weighted by Crippen LogP contribution is -2.40. The molecule has 0 unspecified atom stereocenters. The summed E-state index contributed by atoms with van der Waals surface area (Å²) in [6.45, 7) is 1.93. The number of esters is 1. The zero-order valence-electron chi connectivity index (χ0n) is 18.7. The molecule has 10 heteroatoms. The minimum absolute atomic E-state index is 0.189. The summed E-state index contributed by atoms with van der Waals surface area (Å²) in [6.07, 6.45) is 1.69. The molecular weight excluding hydrogens is 679 g/mol. The number of hydrogen-bond donors (Lipinski definition) is 0. The monoisotopic (exact) mass is 694 g/mol. The van der Waals surface area contributed by atoms with Crippen molar-refractivity contribution in [3.8, 4) is 0 Å². The summed E-state index contributed by atoms with van der Waals surface area (Å²) in [5.74, 6) is 0.00586. The molecule has 0 N–H and O–H groups in total. The van der Waals surface area contributed by atoms with Crippen molar-refractivity contribution in [2.24, 2.45) is 4.99 Å². The van der Waals surface area contributed by atoms with Crippen LogP contribution in [0, 0.1) is 3.77 Å². The van der Waals surface area contributed by atoms with Gasteiger partial charge in [0.25, 0.3) is 5.56 Å². The Hall–Kier alpha value is -2.47. The molecule has 1 aliphatic rings. The molecule has 1 aliphatic heterocycles. The first-order chi connectivity index (χ1) is 17.4. The molecule has 36 heavy (non-hydrogen) atoms. The van der Waals surface area contributed by atoms with Gasteiger partial charge < -0.3 is 9.15 Å². The third-order valence-electron chi connectivity index (χ3n) is 5.50. The molecule has 6 nitrogen and oxygen atoms in total. The van der Waals surface area contributed by atoms with Crippen molar-refractivity contribution >= 4 is 79.2 Å². The molecule has 0 spiro atoms. The van der Waals surface area contributed by atoms with Crippen LogP contribution in [0.2, 0.25) is 5.02 Å². The molecule has 0 saturated heterocycles. The van der Waals surface area contributed by atoms with Gasteiger partial charge in [-0.3, -0.25) is 9.36 Å². The van der Waals surface area contributed by atoms with E-state index < -0.39 is 12.0 Å². The standard InChI is InChI=1S/C26H17BrClIN2O4S/c1-2-34-25(33)20-21(14-6-4-3-5-7-14)30-26-31(22(20)15-8-10-16(28)11-9-15)24(32)19(36-26)13-17-12-18(27)23(29)35-17/h3-13,22H,2H2,1H3/b19-13+/t22-/m0/s1. The largest absolute Gasteiger partial charge is 0.463 e. The van der Waals surface area contributed by atoms with E-state index in [1.54, 1.807) is 35.8 Å². The average molecular weight is 696 g/mol. The zero-order valence-corrected chi connectivity index (χ0v) is 24.0. The number of carbonyl (C=O) groups excluding carboxylic acids is 1. The highest BCUT2D eigenvalue weighted by atomic mass is 127. The topological polar surface area (TPSA) is 73.8 Å². The lowest BCUT2D eigenvalue weighted by molar-refractivity contribution is -0.138. The highest BCUT2D eigenvalue weighted by molar-refractivity contribution is 14.1. The summed E-state index contributed by atoms with van der Waals surface area (Å²) in [7, 11) is 0. The van der Waals surface area contributed by atoms with Gasteiger partial charge in [0, 0.05) is 39.3 Å². The smallest absolute Gasteiger partial charge is 0.338 e. The summed E-state index contributed by atoms with van der Waals surface area (Å²) >= 11 is 12.9. The van der Waals surface area contributed by atoms with Gasteiger partial charge in [-0.25, -0.2) is 9.79 Å². The fraction of sp³-hybridized carbons (Fsp3) is 0.115. The molecule has 1 atom stereocenters. The van der Waals surface area contributed by atoms with Gasteiger partial charge in [0.05, 0.1) is 32.9 Å². The minimum atomic E-state index is -0.751. The third-order valence-corrected chi connectivity index (χ3v) is 8.86. The summed E-state index contributed by atoms with van der Waals surface area (Å²) in [5, 5.41) is 0.550. The van der Waals surface area contributed by atoms with Gasteiger partial charge >= 0.3 is 5.97 Å². The van der Waals surface area contributed by atoms with Gasteiger partial charge in [0.15, 0.2) is 8.57 Å². The number of benzene rings is 2. The van der Waals surface area contributed by atoms with Crippen molar-refractivity contribution in [2.75, 3.05) is 6.61 Å². The Morgan fingerprint density at radius 3 is 2.61 bits per heavy atom. The Morgan fingerprint density at radius 1 is 1.25 bits per heavy atom. The second-order valence-corrected chi connectivity index (χ2v) is 11.0. The maximum atomic E-state index is 13.8. The van der Waals surface area contributed by atoms with Crippen LogP contribution in [-0.2, 0) is 9.53 Å². The van der Waals surface area contributed by atoms with Gasteiger partial charge in [-0.05, 0) is 46.6 Å². The molecule has 2 aromatic heterocycles. The number of rotatable bonds is 5. The van der Waals surface area contributed by atoms with E-state index in [-0.39, 0.29) is 12.2 Å². The van der Waals surface area contributed by atoms with Crippen LogP contribution in [0.1, 0.15) is 29.9 Å². The van der Waals surface area contributed by atoms with Crippen molar-refractivity contribution in [1.29, 1.82) is 0 Å². The summed E-state index contributed by atoms with van der Waals surface area (Å²) in [5.41, 5.74) is 1.95. The first-order valence-electron chi connectivity index (χ1n) is 10.9. The fourth-order valence-electron chi connectivity index (χ4n) is 3.96. The Morgan fingerprint density at radius 2 is 1.97 bits per heavy atom. The van der Waals surface area contributed by atoms with E-state index in [0.717, 1.165) is 10.0 Å². The maximum absolute atomic E-state index is 13.8. The van der Waals surface area contributed by atoms with Gasteiger partial charge in [0.2, 0.25) is 0 Å². The Bertz CT molecular complexity index is 1650. The van der Waals surface area contributed by atoms with Crippen LogP contribution in [0.5, 0.6) is 0 Å². The fourth-order valence-corrected chi connectivity index (χ4v) is 5.79. The van der Waals surface area contributed by atoms with Crippen LogP contribution in [0.15, 0.2) is 84.9 Å². The van der Waals surface area contributed by atoms with Crippen LogP contribution >= 0.6 is 61.5 Å². The number of aromatic nitrogens is 1. The van der Waals surface area contributed by atoms with Gasteiger partial charge in [-0.2, -0.15) is 0 Å². The lowest BCUT2D eigenvalue weighted by Gasteiger charge is -2.25. The van der Waals surface area contributed by atoms with Crippen molar-refractivity contribution in [1.82, 2.24) is 4.57 Å². The van der Waals surface area contributed by atoms with Crippen LogP contribution in [0.4, 0.5) is 0 Å². The van der Waals surface area contributed by atoms with Crippen molar-refractivity contribution in [3.63, 3.8) is 0 Å². The number of fused-ring (bicyclic) bond motifs is 1. The normalized spacial score (nSPS) is 15.6. The average Bonchev–Trinajstić information content (AvgIpc) is 3.36. The molecule has 0 bridgehead atoms. The lowest BCUT2D eigenvalue weighted by atomic mass is 9.93. The predicted molar refractivity (Wildman–Crippen MR) is 152 cm³/mol. The quantitative estimate of drug-likeness (QED) is 0.203. The molecule has 4 aromatic rings. The van der Waals surface area contributed by atoms with Gasteiger partial charge in [-0.1, -0.05) is 65.4 Å². The molecular formula is C26H17BrClIN2O4S. The Labute approximate surface area is 236 Å². The van der Waals surface area contributed by atoms with Gasteiger partial charge in [-0.15, -0.1) is 0 Å². The van der Waals surface area contributed by atoms with E-state index in [4.69, 9.17) is 25.7 Å². The zero-order chi connectivity index (χ0) is 25.4. The highest BCUT2D eigenvalue weighted by Crippen LogP contribution is 2.35. The number of thiazole rings is 1. The van der Waals surface area contributed by atoms with Gasteiger partial charge in [0.1, 0.15) is 5.76 Å². The molecule has 5 rings (SSSR count). The number of hydrogen-bond acceptors (Lipinski definition) is 6. The summed E-state index contributed by atoms with van der Waals surface area (Å²) in [6, 6.07) is 17.6. The molecule has 0 radical (unpaired) electrons. The highest BCUT2D eigenvalue weighted by Gasteiger charge is 2.35. The first-order valence-corrected chi connectivity index (χ1v) is 13.9. The number of nitrogens with zero attached hydrogens (tertiary/aromatic N) is 2. The van der Waals surface area contributed by atoms with Crippen molar-refractivity contribution < 1.29 is 13.9 Å². The van der Waals surface area contributed by atoms with E-state index in [1.165, 1.54) is 11.3 Å². The summed E-state index contributed by atoms with van der Waals surface area (Å²) in [4.78, 5) is 32.4. The van der Waals surface area contributed by atoms with E-state index >= 15 is 0 Å². The van der Waals surface area contributed by atoms with E-state index in [2.05, 4.69) is 38.5 Å². The molecule has 3 heterocycles. The summed E-state index contributed by atoms with van der Waals surface area (Å²) < 4.78 is 14.6. The second kappa shape index (κ2) is 10.5. The van der Waals surface area contributed by atoms with Crippen LogP contribution in [0.25, 0.3) is 11.8 Å². The first kappa shape index (κ1) is 25.2. The molecule has 2 aromatic carbocycles. The van der Waals surface area contributed by atoms with Crippen LogP contribution in [-0.4, -0.2) is 17.1 Å². The maximum Gasteiger partial charge on any atom is 0.338 e. The molecule has 182 valence electrons. The molecule has 0 saturated carbocycles. The Kier molecular flexibility index (Phi) is 7.34. The van der Waals surface area contributed by atoms with E-state index in [0.29, 0.717) is 40.7 Å². The van der Waals surface area contributed by atoms with E-state index in [1.807, 2.05) is 42.5 Å². The third kappa shape index (κ3) is 4.77. The van der Waals surface area contributed by atoms with Crippen molar-refractivity contribution in [3.05, 3.63) is 116 Å². The molecule has 0 amide bonds. The minimum Gasteiger partial charge on any atom is -0.463 e.